The maximum absolute atomic E-state index is 12.2. The van der Waals surface area contributed by atoms with Gasteiger partial charge < -0.3 is 10.0 Å². The summed E-state index contributed by atoms with van der Waals surface area (Å²) in [5, 5.41) is 11.5. The number of alkyl halides is 3. The number of likely N-dealkylation sites (tertiary alicyclic amines) is 2. The van der Waals surface area contributed by atoms with Crippen LogP contribution in [0.5, 0.6) is 0 Å². The first-order valence-corrected chi connectivity index (χ1v) is 8.87. The Morgan fingerprint density at radius 1 is 1.28 bits per heavy atom. The van der Waals surface area contributed by atoms with Crippen LogP contribution in [0.15, 0.2) is 16.8 Å². The number of hydrogen-bond donors (Lipinski definition) is 1. The number of carboxylic acid groups (broad SMARTS) is 1. The number of halogens is 3. The zero-order valence-corrected chi connectivity index (χ0v) is 14.7. The van der Waals surface area contributed by atoms with Gasteiger partial charge in [0.1, 0.15) is 0 Å². The van der Waals surface area contributed by atoms with Crippen LogP contribution in [0.1, 0.15) is 24.8 Å². The molecule has 0 bridgehead atoms. The van der Waals surface area contributed by atoms with Gasteiger partial charge in [-0.3, -0.25) is 9.69 Å². The Hall–Kier alpha value is -1.61. The summed E-state index contributed by atoms with van der Waals surface area (Å²) >= 11 is 1.76. The monoisotopic (exact) mass is 378 g/mol. The molecule has 1 N–H and O–H groups in total. The molecule has 0 aromatic carbocycles. The number of carboxylic acids is 1. The Kier molecular flexibility index (Phi) is 6.10. The van der Waals surface area contributed by atoms with Gasteiger partial charge in [0.15, 0.2) is 0 Å². The van der Waals surface area contributed by atoms with Crippen LogP contribution >= 0.6 is 11.3 Å². The lowest BCUT2D eigenvalue weighted by atomic mass is 9.77. The molecule has 1 spiro atoms. The Labute approximate surface area is 148 Å². The van der Waals surface area contributed by atoms with Crippen molar-refractivity contribution in [1.82, 2.24) is 9.80 Å². The van der Waals surface area contributed by atoms with Gasteiger partial charge in [0, 0.05) is 20.1 Å². The average molecular weight is 378 g/mol. The number of amides is 1. The Morgan fingerprint density at radius 3 is 2.24 bits per heavy atom. The lowest BCUT2D eigenvalue weighted by Gasteiger charge is -2.37. The molecule has 25 heavy (non-hydrogen) atoms. The number of carbonyl (C=O) groups is 2. The highest BCUT2D eigenvalue weighted by atomic mass is 32.1. The van der Waals surface area contributed by atoms with Gasteiger partial charge in [-0.2, -0.15) is 24.5 Å². The first-order chi connectivity index (χ1) is 11.6. The summed E-state index contributed by atoms with van der Waals surface area (Å²) in [6, 6.07) is 2.20. The van der Waals surface area contributed by atoms with Crippen molar-refractivity contribution in [3.63, 3.8) is 0 Å². The highest BCUT2D eigenvalue weighted by Crippen LogP contribution is 2.41. The summed E-state index contributed by atoms with van der Waals surface area (Å²) in [7, 11) is 1.94. The summed E-state index contributed by atoms with van der Waals surface area (Å²) in [5.74, 6) is -2.37. The van der Waals surface area contributed by atoms with Crippen molar-refractivity contribution in [1.29, 1.82) is 0 Å². The molecule has 140 valence electrons. The highest BCUT2D eigenvalue weighted by molar-refractivity contribution is 7.07. The molecule has 0 unspecified atom stereocenters. The van der Waals surface area contributed by atoms with Crippen LogP contribution in [0, 0.1) is 5.41 Å². The number of aliphatic carboxylic acids is 1. The number of rotatable bonds is 2. The third-order valence-electron chi connectivity index (χ3n) is 4.77. The van der Waals surface area contributed by atoms with Crippen molar-refractivity contribution in [2.45, 2.75) is 32.0 Å². The van der Waals surface area contributed by atoms with Crippen molar-refractivity contribution in [3.8, 4) is 0 Å². The van der Waals surface area contributed by atoms with E-state index in [4.69, 9.17) is 9.90 Å². The summed E-state index contributed by atoms with van der Waals surface area (Å²) in [5.41, 5.74) is 1.39. The molecule has 1 aromatic heterocycles. The van der Waals surface area contributed by atoms with Crippen LogP contribution < -0.4 is 0 Å². The van der Waals surface area contributed by atoms with Crippen LogP contribution in [-0.2, 0) is 16.1 Å². The molecule has 0 aliphatic carbocycles. The summed E-state index contributed by atoms with van der Waals surface area (Å²) in [4.78, 5) is 25.5. The topological polar surface area (TPSA) is 60.9 Å². The third-order valence-corrected chi connectivity index (χ3v) is 5.50. The molecule has 9 heteroatoms. The van der Waals surface area contributed by atoms with Gasteiger partial charge in [-0.25, -0.2) is 4.79 Å². The van der Waals surface area contributed by atoms with Crippen molar-refractivity contribution >= 4 is 23.2 Å². The molecule has 1 amide bonds. The largest absolute Gasteiger partial charge is 0.490 e. The predicted molar refractivity (Wildman–Crippen MR) is 87.2 cm³/mol. The van der Waals surface area contributed by atoms with E-state index >= 15 is 0 Å². The van der Waals surface area contributed by atoms with Crippen LogP contribution in [0.4, 0.5) is 13.2 Å². The van der Waals surface area contributed by atoms with E-state index in [0.717, 1.165) is 45.4 Å². The van der Waals surface area contributed by atoms with Crippen LogP contribution in [0.3, 0.4) is 0 Å². The number of hydrogen-bond acceptors (Lipinski definition) is 4. The van der Waals surface area contributed by atoms with Crippen LogP contribution in [0.2, 0.25) is 0 Å². The molecule has 0 radical (unpaired) electrons. The van der Waals surface area contributed by atoms with Gasteiger partial charge in [0.2, 0.25) is 5.91 Å². The van der Waals surface area contributed by atoms with Crippen LogP contribution in [-0.4, -0.2) is 59.6 Å². The number of piperidine rings is 1. The lowest BCUT2D eigenvalue weighted by Crippen LogP contribution is -2.43. The quantitative estimate of drug-likeness (QED) is 0.860. The van der Waals surface area contributed by atoms with Gasteiger partial charge in [0.05, 0.1) is 5.41 Å². The van der Waals surface area contributed by atoms with Gasteiger partial charge in [0.25, 0.3) is 0 Å². The SMILES string of the molecule is CN1CCC2(CCN(Cc3ccsc3)CC2)C1=O.O=C(O)C(F)(F)F. The molecule has 2 saturated heterocycles. The van der Waals surface area contributed by atoms with Crippen molar-refractivity contribution in [2.24, 2.45) is 5.41 Å². The molecule has 1 aromatic rings. The van der Waals surface area contributed by atoms with E-state index in [1.165, 1.54) is 5.56 Å². The third kappa shape index (κ3) is 4.94. The Balaban J connectivity index is 0.000000277. The highest BCUT2D eigenvalue weighted by Gasteiger charge is 2.46. The molecule has 0 saturated carbocycles. The average Bonchev–Trinajstić information content (AvgIpc) is 3.14. The van der Waals surface area contributed by atoms with E-state index in [2.05, 4.69) is 21.7 Å². The minimum atomic E-state index is -5.08. The van der Waals surface area contributed by atoms with Gasteiger partial charge >= 0.3 is 12.1 Å². The molecule has 0 atom stereocenters. The Morgan fingerprint density at radius 2 is 1.84 bits per heavy atom. The molecule has 5 nitrogen and oxygen atoms in total. The molecule has 2 fully saturated rings. The summed E-state index contributed by atoms with van der Waals surface area (Å²) in [6.45, 7) is 4.12. The van der Waals surface area contributed by atoms with E-state index in [0.29, 0.717) is 5.91 Å². The normalized spacial score (nSPS) is 20.5. The van der Waals surface area contributed by atoms with E-state index in [9.17, 15) is 18.0 Å². The maximum atomic E-state index is 12.2. The zero-order chi connectivity index (χ0) is 18.7. The van der Waals surface area contributed by atoms with Gasteiger partial charge in [-0.05, 0) is 54.7 Å². The second kappa shape index (κ2) is 7.74. The fourth-order valence-corrected chi connectivity index (χ4v) is 3.90. The van der Waals surface area contributed by atoms with Crippen molar-refractivity contribution in [2.75, 3.05) is 26.7 Å². The lowest BCUT2D eigenvalue weighted by molar-refractivity contribution is -0.192. The molecule has 2 aliphatic heterocycles. The second-order valence-corrected chi connectivity index (χ2v) is 7.25. The van der Waals surface area contributed by atoms with E-state index in [-0.39, 0.29) is 5.41 Å². The molecular weight excluding hydrogens is 357 g/mol. The zero-order valence-electron chi connectivity index (χ0n) is 13.9. The smallest absolute Gasteiger partial charge is 0.475 e. The predicted octanol–water partition coefficient (Wildman–Crippen LogP) is 2.83. The maximum Gasteiger partial charge on any atom is 0.490 e. The minimum absolute atomic E-state index is 0.0140. The number of carbonyl (C=O) groups excluding carboxylic acids is 1. The first kappa shape index (κ1) is 19.7. The standard InChI is InChI=1S/C14H20N2OS.C2HF3O2/c1-15-6-3-14(13(15)17)4-7-16(8-5-14)10-12-2-9-18-11-12;3-2(4,5)1(6)7/h2,9,11H,3-8,10H2,1H3;(H,6,7). The molecule has 2 aliphatic rings. The van der Waals surface area contributed by atoms with Crippen molar-refractivity contribution in [3.05, 3.63) is 22.4 Å². The van der Waals surface area contributed by atoms with Gasteiger partial charge in [-0.15, -0.1) is 0 Å². The van der Waals surface area contributed by atoms with Gasteiger partial charge in [-0.1, -0.05) is 0 Å². The Bertz CT molecular complexity index is 596. The van der Waals surface area contributed by atoms with E-state index < -0.39 is 12.1 Å². The molecule has 3 heterocycles. The number of thiophene rings is 1. The van der Waals surface area contributed by atoms with Crippen LogP contribution in [0.25, 0.3) is 0 Å². The first-order valence-electron chi connectivity index (χ1n) is 7.93. The molecule has 3 rings (SSSR count). The van der Waals surface area contributed by atoms with E-state index in [1.54, 1.807) is 11.3 Å². The minimum Gasteiger partial charge on any atom is -0.475 e. The van der Waals surface area contributed by atoms with E-state index in [1.807, 2.05) is 11.9 Å². The summed E-state index contributed by atoms with van der Waals surface area (Å²) in [6.07, 6.45) is -1.94. The fourth-order valence-electron chi connectivity index (χ4n) is 3.24. The number of nitrogens with zero attached hydrogens (tertiary/aromatic N) is 2. The summed E-state index contributed by atoms with van der Waals surface area (Å²) < 4.78 is 31.7. The van der Waals surface area contributed by atoms with Crippen molar-refractivity contribution < 1.29 is 27.9 Å². The molecular formula is C16H21F3N2O3S. The fraction of sp³-hybridized carbons (Fsp3) is 0.625. The second-order valence-electron chi connectivity index (χ2n) is 6.47.